The lowest BCUT2D eigenvalue weighted by Crippen LogP contribution is -2.50. The SMILES string of the molecule is CCCn1nccc1C(=O)N[C@H](C(=O)Nc1ccc(-c2c(C)nn(COCCS(C)(C)C)c2CC)c(F)n1)C(C1CC1)C1CC1. The lowest BCUT2D eigenvalue weighted by atomic mass is 9.88. The Labute approximate surface area is 267 Å². The normalized spacial score (nSPS) is 16.2. The summed E-state index contributed by atoms with van der Waals surface area (Å²) in [6.07, 6.45) is 14.0. The Morgan fingerprint density at radius 3 is 2.40 bits per heavy atom. The van der Waals surface area contributed by atoms with Gasteiger partial charge in [-0.05, 0) is 100 Å². The summed E-state index contributed by atoms with van der Waals surface area (Å²) >= 11 is 0. The number of ether oxygens (including phenoxy) is 1. The van der Waals surface area contributed by atoms with E-state index in [9.17, 15) is 9.59 Å². The third-order valence-electron chi connectivity index (χ3n) is 8.66. The van der Waals surface area contributed by atoms with Crippen molar-refractivity contribution in [1.29, 1.82) is 0 Å². The third kappa shape index (κ3) is 8.13. The molecule has 12 heteroatoms. The van der Waals surface area contributed by atoms with Gasteiger partial charge in [-0.3, -0.25) is 14.3 Å². The van der Waals surface area contributed by atoms with Crippen LogP contribution in [0.1, 0.15) is 67.8 Å². The standard InChI is InChI=1S/C33H48FN7O3S/c1-7-17-40-26(15-16-35-40)32(42)38-30(29(22-9-10-22)23-11-12-23)33(43)37-27-14-13-24(31(34)36-27)28-21(3)39-41(25(28)8-2)20-44-18-19-45(4,5)6/h13-16,22-23,29-30H,7-12,17-20H2,1-6H3,(H,38,42)(H,36,37,43)/t30-/m0/s1. The number of carbonyl (C=O) groups excluding carboxylic acids is 2. The second-order valence-electron chi connectivity index (χ2n) is 13.3. The lowest BCUT2D eigenvalue weighted by Gasteiger charge is -2.27. The van der Waals surface area contributed by atoms with E-state index in [1.165, 1.54) is 0 Å². The Morgan fingerprint density at radius 2 is 1.80 bits per heavy atom. The number of aryl methyl sites for hydroxylation is 2. The highest BCUT2D eigenvalue weighted by molar-refractivity contribution is 8.32. The minimum absolute atomic E-state index is 0.0354. The zero-order chi connectivity index (χ0) is 32.3. The molecule has 0 spiro atoms. The average Bonchev–Trinajstić information content (AvgIpc) is 3.92. The van der Waals surface area contributed by atoms with Crippen molar-refractivity contribution >= 4 is 27.7 Å². The maximum absolute atomic E-state index is 15.7. The Bertz CT molecular complexity index is 1490. The van der Waals surface area contributed by atoms with Crippen molar-refractivity contribution in [1.82, 2.24) is 29.9 Å². The van der Waals surface area contributed by atoms with Crippen LogP contribution in [0.5, 0.6) is 0 Å². The van der Waals surface area contributed by atoms with Crippen LogP contribution >= 0.6 is 10.0 Å². The maximum atomic E-state index is 15.7. The summed E-state index contributed by atoms with van der Waals surface area (Å²) in [5.74, 6) is 0.548. The first-order valence-electron chi connectivity index (χ1n) is 16.1. The van der Waals surface area contributed by atoms with Crippen molar-refractivity contribution in [2.75, 3.05) is 36.4 Å². The van der Waals surface area contributed by atoms with Gasteiger partial charge in [0.1, 0.15) is 24.3 Å². The highest BCUT2D eigenvalue weighted by Crippen LogP contribution is 2.51. The zero-order valence-electron chi connectivity index (χ0n) is 27.4. The quantitative estimate of drug-likeness (QED) is 0.160. The molecule has 3 aromatic rings. The largest absolute Gasteiger partial charge is 0.358 e. The van der Waals surface area contributed by atoms with Gasteiger partial charge in [-0.15, -0.1) is 0 Å². The van der Waals surface area contributed by atoms with E-state index < -0.39 is 22.0 Å². The molecule has 2 N–H and O–H groups in total. The number of pyridine rings is 1. The minimum atomic E-state index is -0.751. The topological polar surface area (TPSA) is 116 Å². The number of halogens is 1. The van der Waals surface area contributed by atoms with Crippen LogP contribution in [-0.2, 0) is 29.2 Å². The number of anilines is 1. The smallest absolute Gasteiger partial charge is 0.270 e. The highest BCUT2D eigenvalue weighted by Gasteiger charge is 2.48. The molecule has 2 amide bonds. The first-order chi connectivity index (χ1) is 21.5. The molecule has 1 atom stereocenters. The van der Waals surface area contributed by atoms with Gasteiger partial charge >= 0.3 is 0 Å². The molecule has 0 aliphatic heterocycles. The van der Waals surface area contributed by atoms with Crippen molar-refractivity contribution in [3.63, 3.8) is 0 Å². The molecule has 5 rings (SSSR count). The Morgan fingerprint density at radius 1 is 1.09 bits per heavy atom. The molecule has 10 nitrogen and oxygen atoms in total. The van der Waals surface area contributed by atoms with Crippen LogP contribution < -0.4 is 10.6 Å². The van der Waals surface area contributed by atoms with Crippen LogP contribution in [-0.4, -0.2) is 73.5 Å². The molecular formula is C33H48FN7O3S. The minimum Gasteiger partial charge on any atom is -0.358 e. The van der Waals surface area contributed by atoms with Crippen LogP contribution in [0.3, 0.4) is 0 Å². The summed E-state index contributed by atoms with van der Waals surface area (Å²) in [4.78, 5) is 31.4. The van der Waals surface area contributed by atoms with Gasteiger partial charge in [-0.1, -0.05) is 13.8 Å². The van der Waals surface area contributed by atoms with E-state index in [-0.39, 0.29) is 23.6 Å². The van der Waals surface area contributed by atoms with Gasteiger partial charge in [-0.2, -0.15) is 14.6 Å². The summed E-state index contributed by atoms with van der Waals surface area (Å²) in [7, 11) is -0.659. The zero-order valence-corrected chi connectivity index (χ0v) is 28.3. The van der Waals surface area contributed by atoms with E-state index in [4.69, 9.17) is 4.74 Å². The molecule has 0 bridgehead atoms. The number of hydrogen-bond acceptors (Lipinski definition) is 6. The second-order valence-corrected chi connectivity index (χ2v) is 17.8. The summed E-state index contributed by atoms with van der Waals surface area (Å²) in [5.41, 5.74) is 3.01. The first kappa shape index (κ1) is 33.1. The molecule has 0 saturated heterocycles. The fraction of sp³-hybridized carbons (Fsp3) is 0.606. The molecule has 2 aliphatic carbocycles. The van der Waals surface area contributed by atoms with E-state index in [1.807, 2.05) is 20.8 Å². The lowest BCUT2D eigenvalue weighted by molar-refractivity contribution is -0.119. The molecule has 0 radical (unpaired) electrons. The van der Waals surface area contributed by atoms with E-state index >= 15 is 4.39 Å². The van der Waals surface area contributed by atoms with E-state index in [0.29, 0.717) is 60.7 Å². The number of carbonyl (C=O) groups is 2. The highest BCUT2D eigenvalue weighted by atomic mass is 32.3. The number of aromatic nitrogens is 5. The van der Waals surface area contributed by atoms with Crippen molar-refractivity contribution < 1.29 is 18.7 Å². The van der Waals surface area contributed by atoms with Gasteiger partial charge in [0, 0.05) is 35.3 Å². The molecule has 0 aromatic carbocycles. The summed E-state index contributed by atoms with van der Waals surface area (Å²) in [6.45, 7) is 7.45. The van der Waals surface area contributed by atoms with Crippen LogP contribution in [0, 0.1) is 30.6 Å². The van der Waals surface area contributed by atoms with Gasteiger partial charge in [0.05, 0.1) is 12.3 Å². The van der Waals surface area contributed by atoms with Gasteiger partial charge in [0.15, 0.2) is 0 Å². The molecular weight excluding hydrogens is 593 g/mol. The molecule has 246 valence electrons. The Kier molecular flexibility index (Phi) is 10.3. The molecule has 0 unspecified atom stereocenters. The van der Waals surface area contributed by atoms with Crippen LogP contribution in [0.2, 0.25) is 0 Å². The van der Waals surface area contributed by atoms with Gasteiger partial charge in [-0.25, -0.2) is 19.7 Å². The summed E-state index contributed by atoms with van der Waals surface area (Å²) in [5, 5.41) is 14.8. The Balaban J connectivity index is 1.33. The van der Waals surface area contributed by atoms with Crippen LogP contribution in [0.4, 0.5) is 10.2 Å². The van der Waals surface area contributed by atoms with Crippen LogP contribution in [0.15, 0.2) is 24.4 Å². The van der Waals surface area contributed by atoms with Gasteiger partial charge < -0.3 is 15.4 Å². The number of rotatable bonds is 16. The van der Waals surface area contributed by atoms with Crippen molar-refractivity contribution in [2.24, 2.45) is 17.8 Å². The number of nitrogens with one attached hydrogen (secondary N) is 2. The van der Waals surface area contributed by atoms with E-state index in [0.717, 1.165) is 43.6 Å². The van der Waals surface area contributed by atoms with Gasteiger partial charge in [0.25, 0.3) is 5.91 Å². The maximum Gasteiger partial charge on any atom is 0.270 e. The molecule has 3 heterocycles. The van der Waals surface area contributed by atoms with Crippen molar-refractivity contribution in [2.45, 2.75) is 78.6 Å². The van der Waals surface area contributed by atoms with E-state index in [1.54, 1.807) is 33.8 Å². The summed E-state index contributed by atoms with van der Waals surface area (Å²) < 4.78 is 25.1. The Hall–Kier alpha value is -3.25. The fourth-order valence-electron chi connectivity index (χ4n) is 6.16. The number of amides is 2. The average molecular weight is 642 g/mol. The molecule has 2 fully saturated rings. The van der Waals surface area contributed by atoms with E-state index in [2.05, 4.69) is 44.6 Å². The predicted octanol–water partition coefficient (Wildman–Crippen LogP) is 5.40. The monoisotopic (exact) mass is 641 g/mol. The van der Waals surface area contributed by atoms with Crippen LogP contribution in [0.25, 0.3) is 11.1 Å². The molecule has 2 aliphatic rings. The molecule has 2 saturated carbocycles. The van der Waals surface area contributed by atoms with Gasteiger partial charge in [0.2, 0.25) is 11.9 Å². The predicted molar refractivity (Wildman–Crippen MR) is 177 cm³/mol. The molecule has 3 aromatic heterocycles. The summed E-state index contributed by atoms with van der Waals surface area (Å²) in [6, 6.07) is 4.19. The number of hydrogen-bond donors (Lipinski definition) is 2. The number of nitrogens with zero attached hydrogens (tertiary/aromatic N) is 5. The van der Waals surface area contributed by atoms with Crippen molar-refractivity contribution in [3.05, 3.63) is 47.4 Å². The fourth-order valence-corrected chi connectivity index (χ4v) is 6.78. The molecule has 45 heavy (non-hydrogen) atoms. The first-order valence-corrected chi connectivity index (χ1v) is 19.1. The third-order valence-corrected chi connectivity index (χ3v) is 10.1. The second kappa shape index (κ2) is 14.0. The van der Waals surface area contributed by atoms with Crippen molar-refractivity contribution in [3.8, 4) is 11.1 Å².